The van der Waals surface area contributed by atoms with Crippen molar-refractivity contribution < 1.29 is 28.6 Å². The quantitative estimate of drug-likeness (QED) is 0.0262. The van der Waals surface area contributed by atoms with Gasteiger partial charge in [-0.2, -0.15) is 0 Å². The summed E-state index contributed by atoms with van der Waals surface area (Å²) in [5, 5.41) is 0. The standard InChI is InChI=1S/C61H106O6/c1-4-7-10-13-16-19-22-25-28-30-33-35-38-41-44-47-50-53-59(62)65-56-58(67-61(64)55-52-49-46-43-40-37-32-27-24-21-18-15-12-9-6-3)57-66-60(63)54-51-48-45-42-39-36-34-31-29-26-23-20-17-14-11-8-5-2/h18,21,25,27-28,32-33,35,40-41,43-44,58H,4-17,19-20,22-24,26,29-31,34,36-39,42,45-57H2,1-3H3/b21-18-,28-25-,32-27-,35-33-,43-40-,44-41-/t58-/m1/s1. The van der Waals surface area contributed by atoms with E-state index >= 15 is 0 Å². The van der Waals surface area contributed by atoms with E-state index in [2.05, 4.69) is 93.7 Å². The van der Waals surface area contributed by atoms with E-state index in [-0.39, 0.29) is 44.0 Å². The summed E-state index contributed by atoms with van der Waals surface area (Å²) in [6.07, 6.45) is 70.4. The SMILES string of the molecule is CCCCC/C=C\C/C=C\C/C=C\CCCCC(=O)O[C@H](COC(=O)CCC/C=C\C/C=C\C/C=C\CCCCCCCC)COC(=O)CCCCCCCCCCCCCCCCCCC. The molecule has 0 amide bonds. The lowest BCUT2D eigenvalue weighted by molar-refractivity contribution is -0.167. The minimum atomic E-state index is -0.814. The topological polar surface area (TPSA) is 78.9 Å². The van der Waals surface area contributed by atoms with Gasteiger partial charge >= 0.3 is 17.9 Å². The van der Waals surface area contributed by atoms with Crippen molar-refractivity contribution in [2.45, 2.75) is 284 Å². The molecule has 0 aromatic carbocycles. The molecule has 0 aliphatic heterocycles. The highest BCUT2D eigenvalue weighted by molar-refractivity contribution is 5.71. The summed E-state index contributed by atoms with van der Waals surface area (Å²) in [5.74, 6) is -0.990. The highest BCUT2D eigenvalue weighted by atomic mass is 16.6. The number of esters is 3. The first-order chi connectivity index (χ1) is 33.0. The number of hydrogen-bond acceptors (Lipinski definition) is 6. The predicted molar refractivity (Wildman–Crippen MR) is 288 cm³/mol. The normalized spacial score (nSPS) is 12.6. The van der Waals surface area contributed by atoms with Crippen molar-refractivity contribution in [3.8, 4) is 0 Å². The van der Waals surface area contributed by atoms with Crippen molar-refractivity contribution >= 4 is 17.9 Å². The van der Waals surface area contributed by atoms with E-state index in [1.54, 1.807) is 0 Å². The van der Waals surface area contributed by atoms with E-state index in [1.807, 2.05) is 0 Å². The summed E-state index contributed by atoms with van der Waals surface area (Å²) in [7, 11) is 0. The van der Waals surface area contributed by atoms with Gasteiger partial charge in [-0.3, -0.25) is 14.4 Å². The van der Waals surface area contributed by atoms with Crippen LogP contribution in [0.2, 0.25) is 0 Å². The van der Waals surface area contributed by atoms with Crippen molar-refractivity contribution in [2.24, 2.45) is 0 Å². The van der Waals surface area contributed by atoms with Crippen molar-refractivity contribution in [1.29, 1.82) is 0 Å². The average molecular weight is 936 g/mol. The molecule has 0 rings (SSSR count). The van der Waals surface area contributed by atoms with Gasteiger partial charge in [0.1, 0.15) is 13.2 Å². The van der Waals surface area contributed by atoms with Gasteiger partial charge in [-0.05, 0) is 89.9 Å². The van der Waals surface area contributed by atoms with Crippen LogP contribution < -0.4 is 0 Å². The molecule has 0 radical (unpaired) electrons. The summed E-state index contributed by atoms with van der Waals surface area (Å²) in [6.45, 7) is 6.55. The third-order valence-electron chi connectivity index (χ3n) is 12.2. The number of hydrogen-bond donors (Lipinski definition) is 0. The Morgan fingerprint density at radius 1 is 0.299 bits per heavy atom. The highest BCUT2D eigenvalue weighted by Gasteiger charge is 2.19. The van der Waals surface area contributed by atoms with Gasteiger partial charge in [-0.1, -0.05) is 241 Å². The Balaban J connectivity index is 4.48. The molecule has 0 unspecified atom stereocenters. The van der Waals surface area contributed by atoms with Crippen molar-refractivity contribution in [3.05, 3.63) is 72.9 Å². The van der Waals surface area contributed by atoms with E-state index in [0.717, 1.165) is 64.2 Å². The largest absolute Gasteiger partial charge is 0.462 e. The van der Waals surface area contributed by atoms with E-state index in [0.29, 0.717) is 19.3 Å². The third-order valence-corrected chi connectivity index (χ3v) is 12.2. The summed E-state index contributed by atoms with van der Waals surface area (Å²) >= 11 is 0. The van der Waals surface area contributed by atoms with Gasteiger partial charge < -0.3 is 14.2 Å². The monoisotopic (exact) mass is 935 g/mol. The highest BCUT2D eigenvalue weighted by Crippen LogP contribution is 2.15. The number of carbonyl (C=O) groups is 3. The average Bonchev–Trinajstić information content (AvgIpc) is 3.33. The molecule has 6 heteroatoms. The van der Waals surface area contributed by atoms with Gasteiger partial charge in [-0.15, -0.1) is 0 Å². The van der Waals surface area contributed by atoms with Crippen LogP contribution in [0.1, 0.15) is 278 Å². The van der Waals surface area contributed by atoms with Crippen molar-refractivity contribution in [3.63, 3.8) is 0 Å². The summed E-state index contributed by atoms with van der Waals surface area (Å²) in [5.41, 5.74) is 0. The second kappa shape index (κ2) is 55.4. The number of unbranched alkanes of at least 4 members (excludes halogenated alkanes) is 28. The second-order valence-electron chi connectivity index (χ2n) is 18.8. The first-order valence-electron chi connectivity index (χ1n) is 28.4. The van der Waals surface area contributed by atoms with Crippen LogP contribution in [0.15, 0.2) is 72.9 Å². The van der Waals surface area contributed by atoms with Crippen molar-refractivity contribution in [2.75, 3.05) is 13.2 Å². The molecule has 6 nitrogen and oxygen atoms in total. The van der Waals surface area contributed by atoms with Crippen molar-refractivity contribution in [1.82, 2.24) is 0 Å². The number of rotatable bonds is 51. The van der Waals surface area contributed by atoms with Crippen LogP contribution in [0, 0.1) is 0 Å². The predicted octanol–water partition coefficient (Wildman–Crippen LogP) is 19.0. The zero-order chi connectivity index (χ0) is 48.6. The number of ether oxygens (including phenoxy) is 3. The Labute approximate surface area is 414 Å². The second-order valence-corrected chi connectivity index (χ2v) is 18.8. The molecule has 1 atom stereocenters. The van der Waals surface area contributed by atoms with Gasteiger partial charge in [0.2, 0.25) is 0 Å². The Kier molecular flexibility index (Phi) is 52.8. The molecule has 386 valence electrons. The number of carbonyl (C=O) groups excluding carboxylic acids is 3. The molecule has 0 aromatic rings. The Morgan fingerprint density at radius 2 is 0.552 bits per heavy atom. The van der Waals surface area contributed by atoms with Crippen LogP contribution >= 0.6 is 0 Å². The fraction of sp³-hybridized carbons (Fsp3) is 0.754. The zero-order valence-electron chi connectivity index (χ0n) is 44.2. The van der Waals surface area contributed by atoms with Crippen LogP contribution in [0.4, 0.5) is 0 Å². The van der Waals surface area contributed by atoms with Gasteiger partial charge in [0.15, 0.2) is 6.10 Å². The maximum Gasteiger partial charge on any atom is 0.306 e. The molecule has 0 fully saturated rings. The summed E-state index contributed by atoms with van der Waals surface area (Å²) < 4.78 is 16.8. The van der Waals surface area contributed by atoms with Gasteiger partial charge in [-0.25, -0.2) is 0 Å². The lowest BCUT2D eigenvalue weighted by atomic mass is 10.0. The summed E-state index contributed by atoms with van der Waals surface area (Å²) in [4.78, 5) is 38.1. The molecule has 0 aliphatic rings. The maximum atomic E-state index is 12.8. The minimum Gasteiger partial charge on any atom is -0.462 e. The molecule has 67 heavy (non-hydrogen) atoms. The molecular formula is C61H106O6. The van der Waals surface area contributed by atoms with Gasteiger partial charge in [0.25, 0.3) is 0 Å². The molecule has 0 saturated carbocycles. The lowest BCUT2D eigenvalue weighted by Gasteiger charge is -2.18. The molecule has 0 bridgehead atoms. The van der Waals surface area contributed by atoms with Crippen LogP contribution in [-0.4, -0.2) is 37.2 Å². The molecule has 0 spiro atoms. The first-order valence-corrected chi connectivity index (χ1v) is 28.4. The van der Waals surface area contributed by atoms with E-state index < -0.39 is 6.10 Å². The van der Waals surface area contributed by atoms with E-state index in [9.17, 15) is 14.4 Å². The fourth-order valence-electron chi connectivity index (χ4n) is 7.88. The lowest BCUT2D eigenvalue weighted by Crippen LogP contribution is -2.30. The van der Waals surface area contributed by atoms with E-state index in [1.165, 1.54) is 161 Å². The van der Waals surface area contributed by atoms with Gasteiger partial charge in [0.05, 0.1) is 0 Å². The van der Waals surface area contributed by atoms with Crippen LogP contribution in [0.5, 0.6) is 0 Å². The molecular weight excluding hydrogens is 829 g/mol. The zero-order valence-corrected chi connectivity index (χ0v) is 44.2. The molecule has 0 aromatic heterocycles. The Bertz CT molecular complexity index is 1260. The fourth-order valence-corrected chi connectivity index (χ4v) is 7.88. The Hall–Kier alpha value is -3.15. The van der Waals surface area contributed by atoms with Crippen LogP contribution in [-0.2, 0) is 28.6 Å². The smallest absolute Gasteiger partial charge is 0.306 e. The molecule has 0 aliphatic carbocycles. The van der Waals surface area contributed by atoms with Crippen LogP contribution in [0.3, 0.4) is 0 Å². The van der Waals surface area contributed by atoms with Gasteiger partial charge in [0, 0.05) is 19.3 Å². The maximum absolute atomic E-state index is 12.8. The molecule has 0 heterocycles. The van der Waals surface area contributed by atoms with Crippen LogP contribution in [0.25, 0.3) is 0 Å². The van der Waals surface area contributed by atoms with E-state index in [4.69, 9.17) is 14.2 Å². The first kappa shape index (κ1) is 63.8. The third kappa shape index (κ3) is 53.7. The Morgan fingerprint density at radius 3 is 0.955 bits per heavy atom. The number of allylic oxidation sites excluding steroid dienone is 12. The molecule has 0 N–H and O–H groups in total. The molecule has 0 saturated heterocycles. The summed E-state index contributed by atoms with van der Waals surface area (Å²) in [6, 6.07) is 0. The minimum absolute atomic E-state index is 0.104.